The van der Waals surface area contributed by atoms with Crippen molar-refractivity contribution in [1.82, 2.24) is 5.32 Å². The van der Waals surface area contributed by atoms with E-state index in [-0.39, 0.29) is 0 Å². The van der Waals surface area contributed by atoms with Gasteiger partial charge in [0.25, 0.3) is 0 Å². The van der Waals surface area contributed by atoms with Gasteiger partial charge in [-0.15, -0.1) is 0 Å². The van der Waals surface area contributed by atoms with Gasteiger partial charge >= 0.3 is 0 Å². The summed E-state index contributed by atoms with van der Waals surface area (Å²) in [7, 11) is 0. The molecule has 0 bridgehead atoms. The first-order valence-electron chi connectivity index (χ1n) is 8.81. The molecule has 0 saturated heterocycles. The van der Waals surface area contributed by atoms with Gasteiger partial charge in [0.1, 0.15) is 0 Å². The molecule has 0 aromatic carbocycles. The minimum absolute atomic E-state index is 0.621. The summed E-state index contributed by atoms with van der Waals surface area (Å²) in [6.45, 7) is 13.1. The largest absolute Gasteiger partial charge is 0.382 e. The second-order valence-electron chi connectivity index (χ2n) is 7.05. The zero-order valence-electron chi connectivity index (χ0n) is 14.6. The average molecular weight is 290 g/mol. The van der Waals surface area contributed by atoms with Crippen molar-refractivity contribution in [3.63, 3.8) is 0 Å². The predicted octanol–water partition coefficient (Wildman–Crippen LogP) is 6.00. The predicted molar refractivity (Wildman–Crippen MR) is 95.3 cm³/mol. The Morgan fingerprint density at radius 1 is 1.19 bits per heavy atom. The van der Waals surface area contributed by atoms with Gasteiger partial charge < -0.3 is 5.32 Å². The van der Waals surface area contributed by atoms with Gasteiger partial charge in [0.05, 0.1) is 0 Å². The molecule has 21 heavy (non-hydrogen) atoms. The average Bonchev–Trinajstić information content (AvgIpc) is 2.84. The summed E-state index contributed by atoms with van der Waals surface area (Å²) < 4.78 is 0. The van der Waals surface area contributed by atoms with Gasteiger partial charge in [0.15, 0.2) is 0 Å². The van der Waals surface area contributed by atoms with Gasteiger partial charge in [0, 0.05) is 11.7 Å². The van der Waals surface area contributed by atoms with Crippen LogP contribution in [0.4, 0.5) is 0 Å². The zero-order chi connectivity index (χ0) is 15.7. The molecule has 0 saturated carbocycles. The fraction of sp³-hybridized carbons (Fsp3) is 0.700. The highest BCUT2D eigenvalue weighted by Gasteiger charge is 2.19. The molecular formula is C20H35N. The molecular weight excluding hydrogens is 254 g/mol. The highest BCUT2D eigenvalue weighted by atomic mass is 14.9. The molecule has 0 aliphatic carbocycles. The van der Waals surface area contributed by atoms with Gasteiger partial charge in [-0.25, -0.2) is 0 Å². The van der Waals surface area contributed by atoms with Crippen LogP contribution in [0.25, 0.3) is 0 Å². The number of nitrogens with one attached hydrogen (secondary N) is 1. The maximum Gasteiger partial charge on any atom is 0.0369 e. The third-order valence-electron chi connectivity index (χ3n) is 4.48. The van der Waals surface area contributed by atoms with Crippen LogP contribution < -0.4 is 5.32 Å². The minimum atomic E-state index is 0.621. The monoisotopic (exact) mass is 289 g/mol. The van der Waals surface area contributed by atoms with E-state index in [0.29, 0.717) is 6.04 Å². The summed E-state index contributed by atoms with van der Waals surface area (Å²) in [6.07, 6.45) is 15.6. The summed E-state index contributed by atoms with van der Waals surface area (Å²) in [5, 5.41) is 3.61. The van der Waals surface area contributed by atoms with E-state index in [4.69, 9.17) is 0 Å². The SMILES string of the molecule is C=CC1=C(/C=C\C)CC(CCCCC(C)CCC(C)C)N1. The lowest BCUT2D eigenvalue weighted by Crippen LogP contribution is -2.21. The molecule has 0 fully saturated rings. The Morgan fingerprint density at radius 3 is 2.57 bits per heavy atom. The zero-order valence-corrected chi connectivity index (χ0v) is 14.6. The molecule has 0 radical (unpaired) electrons. The summed E-state index contributed by atoms with van der Waals surface area (Å²) in [4.78, 5) is 0. The first-order valence-corrected chi connectivity index (χ1v) is 8.81. The Labute approximate surface area is 132 Å². The van der Waals surface area contributed by atoms with E-state index in [0.717, 1.165) is 18.3 Å². The maximum absolute atomic E-state index is 3.91. The third-order valence-corrected chi connectivity index (χ3v) is 4.48. The number of hydrogen-bond acceptors (Lipinski definition) is 1. The van der Waals surface area contributed by atoms with Crippen LogP contribution in [0.1, 0.15) is 72.6 Å². The lowest BCUT2D eigenvalue weighted by Gasteiger charge is -2.15. The number of allylic oxidation sites excluding steroid dienone is 3. The molecule has 2 unspecified atom stereocenters. The fourth-order valence-electron chi connectivity index (χ4n) is 3.11. The van der Waals surface area contributed by atoms with E-state index in [9.17, 15) is 0 Å². The van der Waals surface area contributed by atoms with Crippen LogP contribution in [-0.4, -0.2) is 6.04 Å². The van der Waals surface area contributed by atoms with Gasteiger partial charge in [-0.05, 0) is 43.3 Å². The molecule has 1 heteroatoms. The van der Waals surface area contributed by atoms with Crippen LogP contribution in [0, 0.1) is 11.8 Å². The summed E-state index contributed by atoms with van der Waals surface area (Å²) in [5.74, 6) is 1.74. The van der Waals surface area contributed by atoms with Crippen LogP contribution in [0.3, 0.4) is 0 Å². The molecule has 1 rings (SSSR count). The Balaban J connectivity index is 2.16. The number of hydrogen-bond donors (Lipinski definition) is 1. The molecule has 1 heterocycles. The molecule has 0 aromatic heterocycles. The standard InChI is InChI=1S/C20H35N/c1-6-10-18-15-19(21-20(18)7-2)12-9-8-11-17(5)14-13-16(3)4/h6-7,10,16-17,19,21H,2,8-9,11-15H2,1,3-5H3/b10-6-. The van der Waals surface area contributed by atoms with Gasteiger partial charge in [0.2, 0.25) is 0 Å². The molecule has 1 aliphatic heterocycles. The van der Waals surface area contributed by atoms with Crippen LogP contribution in [0.2, 0.25) is 0 Å². The molecule has 0 spiro atoms. The second kappa shape index (κ2) is 9.87. The topological polar surface area (TPSA) is 12.0 Å². The lowest BCUT2D eigenvalue weighted by molar-refractivity contribution is 0.405. The summed E-state index contributed by atoms with van der Waals surface area (Å²) in [5.41, 5.74) is 2.66. The van der Waals surface area contributed by atoms with Gasteiger partial charge in [-0.1, -0.05) is 71.6 Å². The fourth-order valence-corrected chi connectivity index (χ4v) is 3.11. The third kappa shape index (κ3) is 7.02. The molecule has 1 aliphatic rings. The molecule has 1 N–H and O–H groups in total. The van der Waals surface area contributed by atoms with Crippen LogP contribution >= 0.6 is 0 Å². The number of unbranched alkanes of at least 4 members (excludes halogenated alkanes) is 1. The van der Waals surface area contributed by atoms with E-state index >= 15 is 0 Å². The van der Waals surface area contributed by atoms with Crippen molar-refractivity contribution in [1.29, 1.82) is 0 Å². The summed E-state index contributed by atoms with van der Waals surface area (Å²) in [6, 6.07) is 0.621. The highest BCUT2D eigenvalue weighted by Crippen LogP contribution is 2.25. The first-order chi connectivity index (χ1) is 10.1. The van der Waals surface area contributed by atoms with Crippen LogP contribution in [0.5, 0.6) is 0 Å². The van der Waals surface area contributed by atoms with E-state index in [1.54, 1.807) is 0 Å². The Kier molecular flexibility index (Phi) is 8.49. The van der Waals surface area contributed by atoms with Gasteiger partial charge in [-0.3, -0.25) is 0 Å². The van der Waals surface area contributed by atoms with E-state index in [1.165, 1.54) is 49.8 Å². The molecule has 0 aromatic rings. The van der Waals surface area contributed by atoms with Crippen molar-refractivity contribution in [2.24, 2.45) is 11.8 Å². The quantitative estimate of drug-likeness (QED) is 0.486. The van der Waals surface area contributed by atoms with Crippen LogP contribution in [0.15, 0.2) is 36.1 Å². The Morgan fingerprint density at radius 2 is 1.95 bits per heavy atom. The number of rotatable bonds is 10. The normalized spacial score (nSPS) is 20.3. The van der Waals surface area contributed by atoms with Gasteiger partial charge in [-0.2, -0.15) is 0 Å². The van der Waals surface area contributed by atoms with E-state index in [2.05, 4.69) is 51.7 Å². The van der Waals surface area contributed by atoms with Crippen molar-refractivity contribution in [3.8, 4) is 0 Å². The van der Waals surface area contributed by atoms with Crippen molar-refractivity contribution >= 4 is 0 Å². The van der Waals surface area contributed by atoms with E-state index < -0.39 is 0 Å². The molecule has 120 valence electrons. The lowest BCUT2D eigenvalue weighted by atomic mass is 9.94. The molecule has 0 amide bonds. The van der Waals surface area contributed by atoms with Crippen molar-refractivity contribution in [2.45, 2.75) is 78.7 Å². The first kappa shape index (κ1) is 18.1. The molecule has 2 atom stereocenters. The summed E-state index contributed by atoms with van der Waals surface area (Å²) >= 11 is 0. The highest BCUT2D eigenvalue weighted by molar-refractivity contribution is 5.36. The van der Waals surface area contributed by atoms with E-state index in [1.807, 2.05) is 6.08 Å². The van der Waals surface area contributed by atoms with Crippen LogP contribution in [-0.2, 0) is 0 Å². The smallest absolute Gasteiger partial charge is 0.0369 e. The molecule has 1 nitrogen and oxygen atoms in total. The Bertz CT molecular complexity index is 362. The van der Waals surface area contributed by atoms with Crippen molar-refractivity contribution < 1.29 is 0 Å². The van der Waals surface area contributed by atoms with Crippen molar-refractivity contribution in [3.05, 3.63) is 36.1 Å². The van der Waals surface area contributed by atoms with Crippen molar-refractivity contribution in [2.75, 3.05) is 0 Å². The second-order valence-corrected chi connectivity index (χ2v) is 7.05. The Hall–Kier alpha value is -0.980. The maximum atomic E-state index is 3.91. The minimum Gasteiger partial charge on any atom is -0.382 e.